The number of ether oxygens (including phenoxy) is 1. The second kappa shape index (κ2) is 12.4. The van der Waals surface area contributed by atoms with Crippen molar-refractivity contribution in [2.45, 2.75) is 30.6 Å². The summed E-state index contributed by atoms with van der Waals surface area (Å²) in [5.74, 6) is -0.784. The monoisotopic (exact) mass is 604 g/mol. The van der Waals surface area contributed by atoms with E-state index in [0.717, 1.165) is 11.4 Å². The van der Waals surface area contributed by atoms with Gasteiger partial charge in [-0.3, -0.25) is 4.79 Å². The van der Waals surface area contributed by atoms with Crippen LogP contribution in [-0.4, -0.2) is 61.9 Å². The Morgan fingerprint density at radius 2 is 1.20 bits per heavy atom. The minimum Gasteiger partial charge on any atom is -1.00 e. The predicted molar refractivity (Wildman–Crippen MR) is 150 cm³/mol. The molecule has 0 bridgehead atoms. The number of hydrogen-bond acceptors (Lipinski definition) is 9. The van der Waals surface area contributed by atoms with Crippen molar-refractivity contribution in [2.75, 3.05) is 13.7 Å². The number of carbonyl (C=O) groups excluding carboxylic acids is 2. The van der Waals surface area contributed by atoms with E-state index in [4.69, 9.17) is 15.0 Å². The molecule has 0 aliphatic rings. The van der Waals surface area contributed by atoms with E-state index in [0.29, 0.717) is 17.1 Å². The quantitative estimate of drug-likeness (QED) is 0.259. The van der Waals surface area contributed by atoms with E-state index in [-0.39, 0.29) is 29.4 Å². The van der Waals surface area contributed by atoms with Crippen LogP contribution in [0.4, 0.5) is 0 Å². The summed E-state index contributed by atoms with van der Waals surface area (Å²) in [5.41, 5.74) is 3.24. The number of amides is 1. The highest BCUT2D eigenvalue weighted by molar-refractivity contribution is 7.89. The first kappa shape index (κ1) is 31.2. The van der Waals surface area contributed by atoms with E-state index < -0.39 is 26.0 Å². The summed E-state index contributed by atoms with van der Waals surface area (Å²) in [5, 5.41) is 20.9. The molecule has 0 aliphatic carbocycles. The van der Waals surface area contributed by atoms with Gasteiger partial charge in [0.25, 0.3) is 5.91 Å². The molecule has 5 N–H and O–H groups in total. The normalized spacial score (nSPS) is 11.4. The second-order valence-electron chi connectivity index (χ2n) is 8.54. The summed E-state index contributed by atoms with van der Waals surface area (Å²) in [6.45, 7) is 5.57. The van der Waals surface area contributed by atoms with E-state index in [1.165, 1.54) is 36.0 Å². The third-order valence-corrected chi connectivity index (χ3v) is 7.40. The van der Waals surface area contributed by atoms with Crippen LogP contribution in [0.15, 0.2) is 70.5 Å². The Labute approximate surface area is 238 Å². The Morgan fingerprint density at radius 3 is 1.56 bits per heavy atom. The fraction of sp³-hybridized carbons (Fsp3) is 0.200. The smallest absolute Gasteiger partial charge is 0.358 e. The standard InChI is InChI=1S/C13H15N3O4S.C12H14N4O3S.H/c1-3-20-13(17)12-8-9(2)16(15-12)10-4-6-11(7-5-10)21(14,18)19;1-8-7-11(12(17)14-2)15-16(8)9-3-5-10(6-4-9)20(13,18)19;/h4-8H,3H2,1-2H3,(H2,14,18,19);3-7H,1-2H3,(H,14,17)(H2,13,18,19);/q;;-1. The molecule has 0 saturated carbocycles. The van der Waals surface area contributed by atoms with E-state index in [2.05, 4.69) is 15.5 Å². The summed E-state index contributed by atoms with van der Waals surface area (Å²) < 4.78 is 52.7. The van der Waals surface area contributed by atoms with Crippen LogP contribution in [0, 0.1) is 13.8 Å². The number of nitrogens with one attached hydrogen (secondary N) is 1. The number of aromatic nitrogens is 4. The van der Waals surface area contributed by atoms with Crippen LogP contribution >= 0.6 is 0 Å². The highest BCUT2D eigenvalue weighted by Gasteiger charge is 2.15. The average molecular weight is 605 g/mol. The van der Waals surface area contributed by atoms with Gasteiger partial charge in [-0.1, -0.05) is 0 Å². The summed E-state index contributed by atoms with van der Waals surface area (Å²) in [6.07, 6.45) is 0. The zero-order valence-corrected chi connectivity index (χ0v) is 24.2. The van der Waals surface area contributed by atoms with Crippen LogP contribution in [0.5, 0.6) is 0 Å². The highest BCUT2D eigenvalue weighted by atomic mass is 32.2. The number of rotatable bonds is 7. The molecule has 2 aromatic heterocycles. The number of carbonyl (C=O) groups is 2. The number of esters is 1. The minimum absolute atomic E-state index is 0. The molecule has 0 saturated heterocycles. The van der Waals surface area contributed by atoms with Gasteiger partial charge in [0.15, 0.2) is 11.4 Å². The van der Waals surface area contributed by atoms with Crippen LogP contribution < -0.4 is 15.6 Å². The number of primary sulfonamides is 2. The van der Waals surface area contributed by atoms with Gasteiger partial charge in [-0.15, -0.1) is 0 Å². The molecule has 0 radical (unpaired) electrons. The highest BCUT2D eigenvalue weighted by Crippen LogP contribution is 2.17. The van der Waals surface area contributed by atoms with Gasteiger partial charge in [0.2, 0.25) is 20.0 Å². The summed E-state index contributed by atoms with van der Waals surface area (Å²) in [6, 6.07) is 15.1. The molecule has 41 heavy (non-hydrogen) atoms. The first-order valence-electron chi connectivity index (χ1n) is 11.9. The Hall–Kier alpha value is -4.38. The van der Waals surface area contributed by atoms with E-state index in [9.17, 15) is 26.4 Å². The van der Waals surface area contributed by atoms with Crippen LogP contribution in [0.1, 0.15) is 40.7 Å². The van der Waals surface area contributed by atoms with Gasteiger partial charge in [0.05, 0.1) is 27.8 Å². The lowest BCUT2D eigenvalue weighted by Gasteiger charge is -2.05. The predicted octanol–water partition coefficient (Wildman–Crippen LogP) is 1.31. The number of nitrogens with zero attached hydrogens (tertiary/aromatic N) is 4. The molecule has 1 amide bonds. The van der Waals surface area contributed by atoms with Crippen molar-refractivity contribution in [1.29, 1.82) is 0 Å². The summed E-state index contributed by atoms with van der Waals surface area (Å²) in [4.78, 5) is 23.2. The average Bonchev–Trinajstić information content (AvgIpc) is 3.50. The maximum Gasteiger partial charge on any atom is 0.358 e. The lowest BCUT2D eigenvalue weighted by atomic mass is 10.3. The zero-order chi connectivity index (χ0) is 30.5. The van der Waals surface area contributed by atoms with Gasteiger partial charge in [0.1, 0.15) is 0 Å². The van der Waals surface area contributed by atoms with Gasteiger partial charge in [-0.2, -0.15) is 10.2 Å². The van der Waals surface area contributed by atoms with Gasteiger partial charge in [-0.25, -0.2) is 41.3 Å². The number of sulfonamides is 2. The van der Waals surface area contributed by atoms with E-state index in [1.807, 2.05) is 0 Å². The third kappa shape index (κ3) is 7.63. The first-order valence-corrected chi connectivity index (χ1v) is 15.0. The number of hydrogen-bond donors (Lipinski definition) is 3. The molecule has 0 atom stereocenters. The molecule has 14 nitrogen and oxygen atoms in total. The molecule has 0 fully saturated rings. The maximum atomic E-state index is 11.6. The lowest BCUT2D eigenvalue weighted by Crippen LogP contribution is -2.18. The summed E-state index contributed by atoms with van der Waals surface area (Å²) >= 11 is 0. The van der Waals surface area contributed by atoms with Crippen molar-refractivity contribution in [1.82, 2.24) is 24.9 Å². The Bertz CT molecular complexity index is 1780. The lowest BCUT2D eigenvalue weighted by molar-refractivity contribution is 0.0518. The van der Waals surface area contributed by atoms with Crippen LogP contribution in [0.25, 0.3) is 11.4 Å². The molecule has 2 heterocycles. The van der Waals surface area contributed by atoms with Gasteiger partial charge in [0, 0.05) is 18.4 Å². The fourth-order valence-corrected chi connectivity index (χ4v) is 4.60. The molecule has 0 aliphatic heterocycles. The zero-order valence-electron chi connectivity index (χ0n) is 23.6. The Balaban J connectivity index is 0.000000287. The molecule has 0 spiro atoms. The second-order valence-corrected chi connectivity index (χ2v) is 11.7. The fourth-order valence-electron chi connectivity index (χ4n) is 3.57. The van der Waals surface area contributed by atoms with Crippen molar-refractivity contribution >= 4 is 31.9 Å². The van der Waals surface area contributed by atoms with E-state index >= 15 is 0 Å². The molecule has 4 aromatic rings. The minimum atomic E-state index is -3.73. The van der Waals surface area contributed by atoms with Crippen molar-refractivity contribution < 1.29 is 32.6 Å². The molecular weight excluding hydrogens is 574 g/mol. The third-order valence-electron chi connectivity index (χ3n) is 5.54. The van der Waals surface area contributed by atoms with Crippen LogP contribution in [0.3, 0.4) is 0 Å². The van der Waals surface area contributed by atoms with Crippen molar-refractivity contribution in [3.05, 3.63) is 83.4 Å². The molecular formula is C25H30N7O7S2-. The molecule has 4 rings (SSSR count). The first-order chi connectivity index (χ1) is 19.1. The van der Waals surface area contributed by atoms with Gasteiger partial charge >= 0.3 is 5.97 Å². The Kier molecular flexibility index (Phi) is 9.44. The maximum absolute atomic E-state index is 11.6. The number of aryl methyl sites for hydroxylation is 2. The van der Waals surface area contributed by atoms with Crippen LogP contribution in [-0.2, 0) is 24.8 Å². The topological polar surface area (TPSA) is 211 Å². The van der Waals surface area contributed by atoms with Gasteiger partial charge in [-0.05, 0) is 81.4 Å². The largest absolute Gasteiger partial charge is 1.00 e. The molecule has 220 valence electrons. The van der Waals surface area contributed by atoms with Gasteiger partial charge < -0.3 is 11.5 Å². The molecule has 2 aromatic carbocycles. The van der Waals surface area contributed by atoms with E-state index in [1.54, 1.807) is 61.9 Å². The van der Waals surface area contributed by atoms with Crippen molar-refractivity contribution in [3.8, 4) is 11.4 Å². The summed E-state index contributed by atoms with van der Waals surface area (Å²) in [7, 11) is -5.92. The van der Waals surface area contributed by atoms with Crippen molar-refractivity contribution in [3.63, 3.8) is 0 Å². The van der Waals surface area contributed by atoms with Crippen molar-refractivity contribution in [2.24, 2.45) is 10.3 Å². The SMILES string of the molecule is CCOC(=O)c1cc(C)n(-c2ccc(S(N)(=O)=O)cc2)n1.CNC(=O)c1cc(C)n(-c2ccc(S(N)(=O)=O)cc2)n1.[H-]. The number of nitrogens with two attached hydrogens (primary N) is 2. The molecule has 16 heteroatoms. The Morgan fingerprint density at radius 1 is 0.805 bits per heavy atom. The van der Waals surface area contributed by atoms with Crippen LogP contribution in [0.2, 0.25) is 0 Å². The molecule has 0 unspecified atom stereocenters. The number of benzene rings is 2.